The number of benzene rings is 1. The van der Waals surface area contributed by atoms with E-state index in [1.54, 1.807) is 0 Å². The second-order valence-electron chi connectivity index (χ2n) is 4.28. The third kappa shape index (κ3) is 1.17. The minimum Gasteiger partial charge on any atom is -0.395 e. The summed E-state index contributed by atoms with van der Waals surface area (Å²) in [6, 6.07) is 8.00. The van der Waals surface area contributed by atoms with E-state index >= 15 is 0 Å². The first-order chi connectivity index (χ1) is 7.31. The highest BCUT2D eigenvalue weighted by Gasteiger charge is 2.45. The van der Waals surface area contributed by atoms with Crippen LogP contribution < -0.4 is 0 Å². The summed E-state index contributed by atoms with van der Waals surface area (Å²) >= 11 is 0. The van der Waals surface area contributed by atoms with Gasteiger partial charge in [0.15, 0.2) is 5.78 Å². The molecule has 2 aliphatic heterocycles. The van der Waals surface area contributed by atoms with Gasteiger partial charge in [-0.15, -0.1) is 0 Å². The lowest BCUT2D eigenvalue weighted by Gasteiger charge is -2.20. The SMILES string of the molecule is O=C1CC(CO)N2Cc3ccccc3C12. The number of aliphatic hydroxyl groups is 1. The second kappa shape index (κ2) is 3.15. The third-order valence-corrected chi connectivity index (χ3v) is 3.46. The molecule has 0 saturated carbocycles. The predicted molar refractivity (Wildman–Crippen MR) is 55.2 cm³/mol. The smallest absolute Gasteiger partial charge is 0.156 e. The quantitative estimate of drug-likeness (QED) is 0.736. The van der Waals surface area contributed by atoms with E-state index in [-0.39, 0.29) is 24.5 Å². The Balaban J connectivity index is 2.04. The van der Waals surface area contributed by atoms with Gasteiger partial charge in [-0.1, -0.05) is 24.3 Å². The molecular formula is C12H13NO2. The average molecular weight is 203 g/mol. The van der Waals surface area contributed by atoms with Crippen molar-refractivity contribution in [2.24, 2.45) is 0 Å². The lowest BCUT2D eigenvalue weighted by Crippen LogP contribution is -2.29. The zero-order chi connectivity index (χ0) is 10.4. The molecule has 3 heteroatoms. The van der Waals surface area contributed by atoms with Crippen LogP contribution in [0, 0.1) is 0 Å². The highest BCUT2D eigenvalue weighted by atomic mass is 16.3. The maximum atomic E-state index is 11.8. The fraction of sp³-hybridized carbons (Fsp3) is 0.417. The topological polar surface area (TPSA) is 40.5 Å². The van der Waals surface area contributed by atoms with Gasteiger partial charge in [0.25, 0.3) is 0 Å². The summed E-state index contributed by atoms with van der Waals surface area (Å²) in [5.41, 5.74) is 2.37. The Morgan fingerprint density at radius 2 is 2.20 bits per heavy atom. The Kier molecular flexibility index (Phi) is 1.90. The summed E-state index contributed by atoms with van der Waals surface area (Å²) in [4.78, 5) is 14.0. The van der Waals surface area contributed by atoms with Gasteiger partial charge in [-0.25, -0.2) is 0 Å². The number of carbonyl (C=O) groups excluding carboxylic acids is 1. The monoisotopic (exact) mass is 203 g/mol. The van der Waals surface area contributed by atoms with Crippen molar-refractivity contribution in [1.29, 1.82) is 0 Å². The summed E-state index contributed by atoms with van der Waals surface area (Å²) in [5, 5.41) is 9.22. The molecule has 0 spiro atoms. The number of ketones is 1. The van der Waals surface area contributed by atoms with E-state index in [4.69, 9.17) is 0 Å². The molecule has 2 unspecified atom stereocenters. The molecule has 0 radical (unpaired) electrons. The molecule has 2 atom stereocenters. The van der Waals surface area contributed by atoms with Gasteiger partial charge in [-0.3, -0.25) is 9.69 Å². The van der Waals surface area contributed by atoms with Gasteiger partial charge < -0.3 is 5.11 Å². The molecule has 1 saturated heterocycles. The zero-order valence-electron chi connectivity index (χ0n) is 8.39. The molecule has 78 valence electrons. The van der Waals surface area contributed by atoms with E-state index in [0.717, 1.165) is 12.1 Å². The maximum Gasteiger partial charge on any atom is 0.156 e. The Labute approximate surface area is 88.3 Å². The second-order valence-corrected chi connectivity index (χ2v) is 4.28. The van der Waals surface area contributed by atoms with Crippen LogP contribution in [0.4, 0.5) is 0 Å². The summed E-state index contributed by atoms with van der Waals surface area (Å²) in [7, 11) is 0. The average Bonchev–Trinajstić information content (AvgIpc) is 2.76. The molecule has 3 nitrogen and oxygen atoms in total. The van der Waals surface area contributed by atoms with Gasteiger partial charge in [0.05, 0.1) is 12.6 Å². The Morgan fingerprint density at radius 3 is 3.00 bits per heavy atom. The van der Waals surface area contributed by atoms with Crippen molar-refractivity contribution in [3.05, 3.63) is 35.4 Å². The number of fused-ring (bicyclic) bond motifs is 3. The van der Waals surface area contributed by atoms with Crippen molar-refractivity contribution in [3.63, 3.8) is 0 Å². The molecule has 2 heterocycles. The molecule has 0 aromatic heterocycles. The molecule has 0 amide bonds. The molecule has 1 fully saturated rings. The third-order valence-electron chi connectivity index (χ3n) is 3.46. The van der Waals surface area contributed by atoms with Crippen molar-refractivity contribution < 1.29 is 9.90 Å². The van der Waals surface area contributed by atoms with Crippen LogP contribution in [0.25, 0.3) is 0 Å². The minimum atomic E-state index is -0.0849. The van der Waals surface area contributed by atoms with E-state index in [1.807, 2.05) is 18.2 Å². The molecule has 1 N–H and O–H groups in total. The highest BCUT2D eigenvalue weighted by molar-refractivity contribution is 5.89. The van der Waals surface area contributed by atoms with E-state index in [0.29, 0.717) is 6.42 Å². The number of hydrogen-bond donors (Lipinski definition) is 1. The molecule has 3 rings (SSSR count). The number of aliphatic hydroxyl groups excluding tert-OH is 1. The summed E-state index contributed by atoms with van der Waals surface area (Å²) in [6.07, 6.45) is 0.496. The van der Waals surface area contributed by atoms with Crippen molar-refractivity contribution in [3.8, 4) is 0 Å². The van der Waals surface area contributed by atoms with Crippen LogP contribution in [-0.2, 0) is 11.3 Å². The minimum absolute atomic E-state index is 0.0231. The molecule has 2 aliphatic rings. The number of Topliss-reactive ketones (excluding diaryl/α,β-unsaturated/α-hetero) is 1. The first-order valence-corrected chi connectivity index (χ1v) is 5.28. The molecule has 0 aliphatic carbocycles. The Morgan fingerprint density at radius 1 is 1.40 bits per heavy atom. The zero-order valence-corrected chi connectivity index (χ0v) is 8.39. The lowest BCUT2D eigenvalue weighted by molar-refractivity contribution is -0.119. The van der Waals surface area contributed by atoms with E-state index in [1.165, 1.54) is 5.56 Å². The van der Waals surface area contributed by atoms with E-state index < -0.39 is 0 Å². The van der Waals surface area contributed by atoms with Gasteiger partial charge in [-0.2, -0.15) is 0 Å². The van der Waals surface area contributed by atoms with Gasteiger partial charge >= 0.3 is 0 Å². The van der Waals surface area contributed by atoms with Crippen molar-refractivity contribution in [2.45, 2.75) is 25.0 Å². The van der Waals surface area contributed by atoms with Crippen molar-refractivity contribution >= 4 is 5.78 Å². The van der Waals surface area contributed by atoms with Crippen molar-refractivity contribution in [1.82, 2.24) is 4.90 Å². The van der Waals surface area contributed by atoms with Gasteiger partial charge in [-0.05, 0) is 11.1 Å². The molecule has 0 bridgehead atoms. The van der Waals surface area contributed by atoms with Crippen LogP contribution in [0.3, 0.4) is 0 Å². The standard InChI is InChI=1S/C12H13NO2/c14-7-9-5-11(15)12-10-4-2-1-3-8(10)6-13(9)12/h1-4,9,12,14H,5-7H2. The van der Waals surface area contributed by atoms with Crippen LogP contribution in [0.5, 0.6) is 0 Å². The first kappa shape index (κ1) is 9.07. The highest BCUT2D eigenvalue weighted by Crippen LogP contribution is 2.41. The van der Waals surface area contributed by atoms with Crippen LogP contribution >= 0.6 is 0 Å². The summed E-state index contributed by atoms with van der Waals surface area (Å²) in [5.74, 6) is 0.249. The fourth-order valence-electron chi connectivity index (χ4n) is 2.74. The van der Waals surface area contributed by atoms with Gasteiger partial charge in [0, 0.05) is 19.0 Å². The fourth-order valence-corrected chi connectivity index (χ4v) is 2.74. The van der Waals surface area contributed by atoms with Gasteiger partial charge in [0.1, 0.15) is 0 Å². The Hall–Kier alpha value is -1.19. The molecule has 15 heavy (non-hydrogen) atoms. The van der Waals surface area contributed by atoms with Crippen molar-refractivity contribution in [2.75, 3.05) is 6.61 Å². The number of nitrogens with zero attached hydrogens (tertiary/aromatic N) is 1. The number of rotatable bonds is 1. The summed E-state index contributed by atoms with van der Waals surface area (Å²) < 4.78 is 0. The van der Waals surface area contributed by atoms with E-state index in [2.05, 4.69) is 11.0 Å². The van der Waals surface area contributed by atoms with Crippen LogP contribution in [-0.4, -0.2) is 28.4 Å². The van der Waals surface area contributed by atoms with Crippen LogP contribution in [0.15, 0.2) is 24.3 Å². The first-order valence-electron chi connectivity index (χ1n) is 5.28. The lowest BCUT2D eigenvalue weighted by atomic mass is 10.0. The van der Waals surface area contributed by atoms with E-state index in [9.17, 15) is 9.90 Å². The van der Waals surface area contributed by atoms with Crippen LogP contribution in [0.1, 0.15) is 23.6 Å². The molecular weight excluding hydrogens is 190 g/mol. The normalized spacial score (nSPS) is 29.3. The largest absolute Gasteiger partial charge is 0.395 e. The molecule has 1 aromatic carbocycles. The number of carbonyl (C=O) groups is 1. The van der Waals surface area contributed by atoms with Crippen LogP contribution in [0.2, 0.25) is 0 Å². The Bertz CT molecular complexity index is 416. The molecule has 1 aromatic rings. The predicted octanol–water partition coefficient (Wildman–Crippen LogP) is 0.877. The summed E-state index contributed by atoms with van der Waals surface area (Å²) in [6.45, 7) is 0.883. The van der Waals surface area contributed by atoms with Gasteiger partial charge in [0.2, 0.25) is 0 Å². The number of hydrogen-bond acceptors (Lipinski definition) is 3. The maximum absolute atomic E-state index is 11.8.